The van der Waals surface area contributed by atoms with Gasteiger partial charge >= 0.3 is 0 Å². The van der Waals surface area contributed by atoms with Crippen LogP contribution in [0.2, 0.25) is 0 Å². The minimum absolute atomic E-state index is 0.0476. The molecule has 0 aromatic heterocycles. The molecule has 1 saturated carbocycles. The van der Waals surface area contributed by atoms with Gasteiger partial charge in [0.05, 0.1) is 12.6 Å². The van der Waals surface area contributed by atoms with E-state index in [9.17, 15) is 18.4 Å². The summed E-state index contributed by atoms with van der Waals surface area (Å²) < 4.78 is 25.9. The van der Waals surface area contributed by atoms with Crippen LogP contribution in [0.3, 0.4) is 0 Å². The fourth-order valence-corrected chi connectivity index (χ4v) is 1.81. The Morgan fingerprint density at radius 3 is 2.60 bits per heavy atom. The normalized spacial score (nSPS) is 15.6. The summed E-state index contributed by atoms with van der Waals surface area (Å²) in [5.74, 6) is -2.31. The molecule has 2 rings (SSSR count). The van der Waals surface area contributed by atoms with Crippen LogP contribution in [0.1, 0.15) is 31.4 Å². The third-order valence-corrected chi connectivity index (χ3v) is 3.19. The van der Waals surface area contributed by atoms with Crippen molar-refractivity contribution in [1.82, 2.24) is 10.6 Å². The summed E-state index contributed by atoms with van der Waals surface area (Å²) in [7, 11) is 0. The molecule has 1 atom stereocenters. The number of hydrogen-bond acceptors (Lipinski definition) is 2. The minimum Gasteiger partial charge on any atom is -0.348 e. The van der Waals surface area contributed by atoms with Crippen LogP contribution in [0.4, 0.5) is 8.78 Å². The van der Waals surface area contributed by atoms with Gasteiger partial charge in [0.25, 0.3) is 0 Å². The molecule has 108 valence electrons. The Morgan fingerprint density at radius 2 is 2.00 bits per heavy atom. The summed E-state index contributed by atoms with van der Waals surface area (Å²) in [5.41, 5.74) is 0.464. The first-order chi connectivity index (χ1) is 9.47. The Hall–Kier alpha value is -1.98. The fraction of sp³-hybridized carbons (Fsp3) is 0.429. The van der Waals surface area contributed by atoms with Crippen LogP contribution in [-0.2, 0) is 9.59 Å². The van der Waals surface area contributed by atoms with Crippen LogP contribution in [0.25, 0.3) is 0 Å². The SMILES string of the molecule is C[C@H](NC(=O)CNC(=O)C1CC1)c1ccc(F)c(F)c1. The zero-order valence-corrected chi connectivity index (χ0v) is 11.1. The van der Waals surface area contributed by atoms with Crippen LogP contribution >= 0.6 is 0 Å². The summed E-state index contributed by atoms with van der Waals surface area (Å²) in [5, 5.41) is 5.15. The standard InChI is InChI=1S/C14H16F2N2O2/c1-8(10-4-5-11(15)12(16)6-10)18-13(19)7-17-14(20)9-2-3-9/h4-6,8-9H,2-3,7H2,1H3,(H,17,20)(H,18,19)/t8-/m0/s1. The van der Waals surface area contributed by atoms with Gasteiger partial charge in [-0.1, -0.05) is 6.07 Å². The summed E-state index contributed by atoms with van der Waals surface area (Å²) >= 11 is 0. The first kappa shape index (κ1) is 14.4. The van der Waals surface area contributed by atoms with E-state index in [4.69, 9.17) is 0 Å². The Labute approximate surface area is 115 Å². The average Bonchev–Trinajstić information content (AvgIpc) is 3.23. The van der Waals surface area contributed by atoms with Crippen molar-refractivity contribution in [3.8, 4) is 0 Å². The molecule has 0 aliphatic heterocycles. The number of halogens is 2. The van der Waals surface area contributed by atoms with Crippen LogP contribution in [0.15, 0.2) is 18.2 Å². The maximum atomic E-state index is 13.1. The first-order valence-corrected chi connectivity index (χ1v) is 6.49. The Bertz CT molecular complexity index is 530. The number of benzene rings is 1. The van der Waals surface area contributed by atoms with E-state index in [1.807, 2.05) is 0 Å². The second-order valence-electron chi connectivity index (χ2n) is 4.95. The largest absolute Gasteiger partial charge is 0.348 e. The quantitative estimate of drug-likeness (QED) is 0.863. The molecule has 1 fully saturated rings. The molecule has 0 bridgehead atoms. The molecule has 0 spiro atoms. The lowest BCUT2D eigenvalue weighted by Gasteiger charge is -2.15. The van der Waals surface area contributed by atoms with Crippen LogP contribution in [-0.4, -0.2) is 18.4 Å². The van der Waals surface area contributed by atoms with Gasteiger partial charge in [0, 0.05) is 5.92 Å². The van der Waals surface area contributed by atoms with Crippen LogP contribution in [0.5, 0.6) is 0 Å². The van der Waals surface area contributed by atoms with Gasteiger partial charge in [-0.3, -0.25) is 9.59 Å². The van der Waals surface area contributed by atoms with Crippen molar-refractivity contribution >= 4 is 11.8 Å². The predicted molar refractivity (Wildman–Crippen MR) is 68.6 cm³/mol. The van der Waals surface area contributed by atoms with Crippen LogP contribution < -0.4 is 10.6 Å². The first-order valence-electron chi connectivity index (χ1n) is 6.49. The fourth-order valence-electron chi connectivity index (χ4n) is 1.81. The number of hydrogen-bond donors (Lipinski definition) is 2. The van der Waals surface area contributed by atoms with Crippen molar-refractivity contribution < 1.29 is 18.4 Å². The van der Waals surface area contributed by atoms with E-state index in [0.29, 0.717) is 5.56 Å². The highest BCUT2D eigenvalue weighted by Crippen LogP contribution is 2.28. The van der Waals surface area contributed by atoms with Crippen molar-refractivity contribution in [3.63, 3.8) is 0 Å². The van der Waals surface area contributed by atoms with E-state index in [2.05, 4.69) is 10.6 Å². The van der Waals surface area contributed by atoms with E-state index >= 15 is 0 Å². The molecule has 0 radical (unpaired) electrons. The van der Waals surface area contributed by atoms with E-state index in [0.717, 1.165) is 25.0 Å². The average molecular weight is 282 g/mol. The highest BCUT2D eigenvalue weighted by Gasteiger charge is 2.29. The van der Waals surface area contributed by atoms with Gasteiger partial charge in [0.15, 0.2) is 11.6 Å². The van der Waals surface area contributed by atoms with Gasteiger partial charge in [-0.2, -0.15) is 0 Å². The van der Waals surface area contributed by atoms with E-state index < -0.39 is 17.7 Å². The van der Waals surface area contributed by atoms with E-state index in [-0.39, 0.29) is 24.3 Å². The molecule has 0 saturated heterocycles. The number of nitrogens with one attached hydrogen (secondary N) is 2. The van der Waals surface area contributed by atoms with E-state index in [1.54, 1.807) is 6.92 Å². The van der Waals surface area contributed by atoms with Crippen molar-refractivity contribution in [2.24, 2.45) is 5.92 Å². The minimum atomic E-state index is -0.953. The number of rotatable bonds is 5. The van der Waals surface area contributed by atoms with Crippen molar-refractivity contribution in [2.75, 3.05) is 6.54 Å². The highest BCUT2D eigenvalue weighted by molar-refractivity contribution is 5.87. The molecule has 0 heterocycles. The van der Waals surface area contributed by atoms with Crippen molar-refractivity contribution in [3.05, 3.63) is 35.4 Å². The van der Waals surface area contributed by atoms with Gasteiger partial charge in [0.1, 0.15) is 0 Å². The number of amides is 2. The molecule has 1 aromatic rings. The third kappa shape index (κ3) is 3.76. The van der Waals surface area contributed by atoms with Crippen LogP contribution in [0, 0.1) is 17.6 Å². The lowest BCUT2D eigenvalue weighted by molar-refractivity contribution is -0.127. The number of carbonyl (C=O) groups is 2. The summed E-state index contributed by atoms with van der Waals surface area (Å²) in [4.78, 5) is 23.0. The number of carbonyl (C=O) groups excluding carboxylic acids is 2. The lowest BCUT2D eigenvalue weighted by Crippen LogP contribution is -2.38. The second kappa shape index (κ2) is 5.98. The zero-order valence-electron chi connectivity index (χ0n) is 11.1. The molecular formula is C14H16F2N2O2. The predicted octanol–water partition coefficient (Wildman–Crippen LogP) is 1.67. The van der Waals surface area contributed by atoms with Gasteiger partial charge in [-0.05, 0) is 37.5 Å². The maximum absolute atomic E-state index is 13.1. The molecule has 1 aromatic carbocycles. The van der Waals surface area contributed by atoms with E-state index in [1.165, 1.54) is 6.07 Å². The van der Waals surface area contributed by atoms with Gasteiger partial charge in [-0.25, -0.2) is 8.78 Å². The summed E-state index contributed by atoms with van der Waals surface area (Å²) in [6, 6.07) is 3.01. The highest BCUT2D eigenvalue weighted by atomic mass is 19.2. The molecule has 1 aliphatic carbocycles. The Morgan fingerprint density at radius 1 is 1.30 bits per heavy atom. The molecular weight excluding hydrogens is 266 g/mol. The van der Waals surface area contributed by atoms with Crippen molar-refractivity contribution in [2.45, 2.75) is 25.8 Å². The summed E-state index contributed by atoms with van der Waals surface area (Å²) in [6.07, 6.45) is 1.75. The Kier molecular flexibility index (Phi) is 4.32. The molecule has 20 heavy (non-hydrogen) atoms. The molecule has 2 N–H and O–H groups in total. The molecule has 4 nitrogen and oxygen atoms in total. The topological polar surface area (TPSA) is 58.2 Å². The summed E-state index contributed by atoms with van der Waals surface area (Å²) in [6.45, 7) is 1.55. The molecule has 1 aliphatic rings. The molecule has 2 amide bonds. The lowest BCUT2D eigenvalue weighted by atomic mass is 10.1. The molecule has 6 heteroatoms. The maximum Gasteiger partial charge on any atom is 0.239 e. The van der Waals surface area contributed by atoms with Gasteiger partial charge in [0.2, 0.25) is 11.8 Å². The monoisotopic (exact) mass is 282 g/mol. The zero-order chi connectivity index (χ0) is 14.7. The molecule has 0 unspecified atom stereocenters. The Balaban J connectivity index is 1.83. The third-order valence-electron chi connectivity index (χ3n) is 3.19. The van der Waals surface area contributed by atoms with Crippen molar-refractivity contribution in [1.29, 1.82) is 0 Å². The van der Waals surface area contributed by atoms with Gasteiger partial charge < -0.3 is 10.6 Å². The van der Waals surface area contributed by atoms with Gasteiger partial charge in [-0.15, -0.1) is 0 Å². The second-order valence-corrected chi connectivity index (χ2v) is 4.95. The smallest absolute Gasteiger partial charge is 0.239 e.